The van der Waals surface area contributed by atoms with Crippen LogP contribution < -0.4 is 5.32 Å². The predicted molar refractivity (Wildman–Crippen MR) is 73.9 cm³/mol. The van der Waals surface area contributed by atoms with Gasteiger partial charge in [0.1, 0.15) is 10.7 Å². The van der Waals surface area contributed by atoms with Crippen molar-refractivity contribution >= 4 is 16.5 Å². The molecular formula is C12H22N4OS. The van der Waals surface area contributed by atoms with Crippen LogP contribution in [0.3, 0.4) is 0 Å². The summed E-state index contributed by atoms with van der Waals surface area (Å²) in [6, 6.07) is 0. The van der Waals surface area contributed by atoms with Crippen LogP contribution in [0.25, 0.3) is 0 Å². The molecule has 1 aromatic rings. The highest BCUT2D eigenvalue weighted by Gasteiger charge is 2.17. The highest BCUT2D eigenvalue weighted by molar-refractivity contribution is 7.10. The highest BCUT2D eigenvalue weighted by Crippen LogP contribution is 2.20. The summed E-state index contributed by atoms with van der Waals surface area (Å²) in [5.74, 6) is 0.762. The Balaban J connectivity index is 1.82. The lowest BCUT2D eigenvalue weighted by Gasteiger charge is -2.26. The molecule has 2 heterocycles. The maximum atomic E-state index is 5.39. The van der Waals surface area contributed by atoms with E-state index >= 15 is 0 Å². The molecule has 0 atom stereocenters. The summed E-state index contributed by atoms with van der Waals surface area (Å²) in [5.41, 5.74) is 1.07. The molecule has 0 aliphatic carbocycles. The summed E-state index contributed by atoms with van der Waals surface area (Å²) in [5, 5.41) is 8.63. The molecule has 0 spiro atoms. The largest absolute Gasteiger partial charge is 0.381 e. The molecule has 6 heteroatoms. The summed E-state index contributed by atoms with van der Waals surface area (Å²) in [7, 11) is 2.16. The zero-order chi connectivity index (χ0) is 12.8. The van der Waals surface area contributed by atoms with Crippen molar-refractivity contribution in [2.24, 2.45) is 5.92 Å². The molecule has 5 nitrogen and oxygen atoms in total. The maximum Gasteiger partial charge on any atom is 0.134 e. The number of hydrogen-bond acceptors (Lipinski definition) is 6. The average Bonchev–Trinajstić information content (AvgIpc) is 2.78. The molecule has 0 amide bonds. The Bertz CT molecular complexity index is 352. The molecular weight excluding hydrogens is 248 g/mol. The van der Waals surface area contributed by atoms with Crippen LogP contribution in [0, 0.1) is 5.92 Å². The van der Waals surface area contributed by atoms with Crippen LogP contribution >= 0.6 is 11.5 Å². The second-order valence-corrected chi connectivity index (χ2v) is 5.59. The summed E-state index contributed by atoms with van der Waals surface area (Å²) in [6.07, 6.45) is 2.36. The van der Waals surface area contributed by atoms with E-state index < -0.39 is 0 Å². The summed E-state index contributed by atoms with van der Waals surface area (Å²) >= 11 is 1.44. The first-order valence-corrected chi connectivity index (χ1v) is 7.38. The zero-order valence-electron chi connectivity index (χ0n) is 11.2. The van der Waals surface area contributed by atoms with E-state index in [-0.39, 0.29) is 0 Å². The number of anilines is 1. The fourth-order valence-corrected chi connectivity index (χ4v) is 2.94. The Morgan fingerprint density at radius 3 is 2.94 bits per heavy atom. The fourth-order valence-electron chi connectivity index (χ4n) is 2.30. The first-order chi connectivity index (χ1) is 8.79. The second-order valence-electron chi connectivity index (χ2n) is 4.83. The lowest BCUT2D eigenvalue weighted by molar-refractivity contribution is 0.0548. The molecule has 0 unspecified atom stereocenters. The molecule has 1 saturated heterocycles. The van der Waals surface area contributed by atoms with Crippen LogP contribution in [0.2, 0.25) is 0 Å². The minimum Gasteiger partial charge on any atom is -0.381 e. The van der Waals surface area contributed by atoms with E-state index in [0.29, 0.717) is 0 Å². The lowest BCUT2D eigenvalue weighted by atomic mass is 10.00. The van der Waals surface area contributed by atoms with Crippen molar-refractivity contribution in [3.63, 3.8) is 0 Å². The Kier molecular flexibility index (Phi) is 5.34. The van der Waals surface area contributed by atoms with E-state index in [1.165, 1.54) is 24.4 Å². The van der Waals surface area contributed by atoms with Crippen molar-refractivity contribution < 1.29 is 4.74 Å². The van der Waals surface area contributed by atoms with Gasteiger partial charge in [0.2, 0.25) is 0 Å². The van der Waals surface area contributed by atoms with Crippen LogP contribution in [0.15, 0.2) is 0 Å². The first-order valence-electron chi connectivity index (χ1n) is 6.61. The van der Waals surface area contributed by atoms with E-state index in [2.05, 4.69) is 33.8 Å². The van der Waals surface area contributed by atoms with Gasteiger partial charge >= 0.3 is 0 Å². The number of hydrogen-bond donors (Lipinski definition) is 1. The molecule has 1 aromatic heterocycles. The van der Waals surface area contributed by atoms with E-state index in [4.69, 9.17) is 4.74 Å². The summed E-state index contributed by atoms with van der Waals surface area (Å²) < 4.78 is 9.41. The Morgan fingerprint density at radius 1 is 1.44 bits per heavy atom. The van der Waals surface area contributed by atoms with Crippen molar-refractivity contribution in [2.45, 2.75) is 26.3 Å². The van der Waals surface area contributed by atoms with Crippen LogP contribution in [0.5, 0.6) is 0 Å². The summed E-state index contributed by atoms with van der Waals surface area (Å²) in [6.45, 7) is 6.83. The molecule has 18 heavy (non-hydrogen) atoms. The third-order valence-corrected chi connectivity index (χ3v) is 3.95. The van der Waals surface area contributed by atoms with Crippen LogP contribution in [-0.2, 0) is 11.3 Å². The summed E-state index contributed by atoms with van der Waals surface area (Å²) in [4.78, 5) is 2.34. The minimum atomic E-state index is 0.762. The van der Waals surface area contributed by atoms with Gasteiger partial charge in [-0.2, -0.15) is 0 Å². The standard InChI is InChI=1S/C12H22N4OS/c1-3-13-12-11(14-15-18-12)9-16(2)8-10-4-6-17-7-5-10/h10,13H,3-9H2,1-2H3. The van der Waals surface area contributed by atoms with Gasteiger partial charge < -0.3 is 15.0 Å². The third-order valence-electron chi connectivity index (χ3n) is 3.22. The van der Waals surface area contributed by atoms with Gasteiger partial charge in [0, 0.05) is 44.4 Å². The van der Waals surface area contributed by atoms with Gasteiger partial charge in [-0.1, -0.05) is 4.49 Å². The zero-order valence-corrected chi connectivity index (χ0v) is 12.0. The molecule has 0 radical (unpaired) electrons. The van der Waals surface area contributed by atoms with Crippen molar-refractivity contribution in [3.05, 3.63) is 5.69 Å². The van der Waals surface area contributed by atoms with Gasteiger partial charge in [0.15, 0.2) is 0 Å². The lowest BCUT2D eigenvalue weighted by Crippen LogP contribution is -2.29. The number of nitrogens with zero attached hydrogens (tertiary/aromatic N) is 3. The Hall–Kier alpha value is -0.720. The SMILES string of the molecule is CCNc1snnc1CN(C)CC1CCOCC1. The normalized spacial score (nSPS) is 17.3. The monoisotopic (exact) mass is 270 g/mol. The molecule has 0 aromatic carbocycles. The van der Waals surface area contributed by atoms with Crippen LogP contribution in [0.1, 0.15) is 25.5 Å². The molecule has 1 N–H and O–H groups in total. The van der Waals surface area contributed by atoms with Gasteiger partial charge in [-0.25, -0.2) is 0 Å². The number of rotatable bonds is 6. The first kappa shape index (κ1) is 13.7. The molecule has 1 aliphatic rings. The highest BCUT2D eigenvalue weighted by atomic mass is 32.1. The van der Waals surface area contributed by atoms with Crippen molar-refractivity contribution in [1.82, 2.24) is 14.5 Å². The van der Waals surface area contributed by atoms with Crippen LogP contribution in [-0.4, -0.2) is 47.8 Å². The van der Waals surface area contributed by atoms with Gasteiger partial charge in [-0.3, -0.25) is 0 Å². The maximum absolute atomic E-state index is 5.39. The van der Waals surface area contributed by atoms with Gasteiger partial charge in [0.05, 0.1) is 0 Å². The average molecular weight is 270 g/mol. The van der Waals surface area contributed by atoms with Crippen molar-refractivity contribution in [1.29, 1.82) is 0 Å². The smallest absolute Gasteiger partial charge is 0.134 e. The van der Waals surface area contributed by atoms with E-state index in [0.717, 1.165) is 49.5 Å². The molecule has 0 saturated carbocycles. The molecule has 2 rings (SSSR count). The third kappa shape index (κ3) is 3.90. The predicted octanol–water partition coefficient (Wildman–Crippen LogP) is 1.83. The fraction of sp³-hybridized carbons (Fsp3) is 0.833. The van der Waals surface area contributed by atoms with Gasteiger partial charge in [-0.05, 0) is 32.7 Å². The van der Waals surface area contributed by atoms with E-state index in [1.54, 1.807) is 0 Å². The van der Waals surface area contributed by atoms with Crippen molar-refractivity contribution in [2.75, 3.05) is 38.7 Å². The Labute approximate surface area is 113 Å². The van der Waals surface area contributed by atoms with Crippen LogP contribution in [0.4, 0.5) is 5.00 Å². The van der Waals surface area contributed by atoms with Gasteiger partial charge in [-0.15, -0.1) is 5.10 Å². The number of aromatic nitrogens is 2. The number of ether oxygens (including phenoxy) is 1. The second kappa shape index (κ2) is 7.01. The molecule has 1 aliphatic heterocycles. The van der Waals surface area contributed by atoms with Gasteiger partial charge in [0.25, 0.3) is 0 Å². The van der Waals surface area contributed by atoms with E-state index in [1.807, 2.05) is 0 Å². The quantitative estimate of drug-likeness (QED) is 0.854. The molecule has 0 bridgehead atoms. The molecule has 102 valence electrons. The van der Waals surface area contributed by atoms with E-state index in [9.17, 15) is 0 Å². The topological polar surface area (TPSA) is 50.3 Å². The minimum absolute atomic E-state index is 0.762. The Morgan fingerprint density at radius 2 is 2.22 bits per heavy atom. The molecule has 1 fully saturated rings. The number of nitrogens with one attached hydrogen (secondary N) is 1. The van der Waals surface area contributed by atoms with Crippen molar-refractivity contribution in [3.8, 4) is 0 Å².